The minimum atomic E-state index is -0.842. The maximum atomic E-state index is 11.1. The van der Waals surface area contributed by atoms with Crippen LogP contribution in [0.4, 0.5) is 0 Å². The Morgan fingerprint density at radius 3 is 2.84 bits per heavy atom. The van der Waals surface area contributed by atoms with E-state index in [1.54, 1.807) is 14.2 Å². The lowest BCUT2D eigenvalue weighted by Gasteiger charge is -2.27. The number of hydrogen-bond donors (Lipinski definition) is 3. The van der Waals surface area contributed by atoms with Crippen LogP contribution < -0.4 is 19.9 Å². The Hall–Kier alpha value is -3.50. The molecule has 0 bridgehead atoms. The van der Waals surface area contributed by atoms with Gasteiger partial charge in [-0.1, -0.05) is 23.7 Å². The van der Waals surface area contributed by atoms with Gasteiger partial charge < -0.3 is 39.9 Å². The molecule has 0 fully saturated rings. The van der Waals surface area contributed by atoms with Crippen LogP contribution in [0.15, 0.2) is 66.6 Å². The van der Waals surface area contributed by atoms with Crippen LogP contribution >= 0.6 is 11.6 Å². The number of fused-ring (bicyclic) bond motifs is 3. The number of methoxy groups -OCH3 is 2. The molecule has 0 radical (unpaired) electrons. The summed E-state index contributed by atoms with van der Waals surface area (Å²) in [4.78, 5) is 11.1. The number of aliphatic carboxylic acids is 1. The SMILES string of the molecule is COc1cccc([C@H]2O[C@H](CCC3=CN[N-][NH+]3CCC(=O)O)c3cccn3-c3ccc(Cl)cc32)c1OC. The largest absolute Gasteiger partial charge is 0.493 e. The topological polar surface area (TPSA) is 100 Å². The zero-order valence-corrected chi connectivity index (χ0v) is 21.4. The van der Waals surface area contributed by atoms with E-state index >= 15 is 0 Å². The average Bonchev–Trinajstić information content (AvgIpc) is 3.54. The molecule has 0 saturated heterocycles. The van der Waals surface area contributed by atoms with Gasteiger partial charge in [0.15, 0.2) is 11.5 Å². The van der Waals surface area contributed by atoms with Gasteiger partial charge in [-0.15, -0.1) is 0 Å². The Labute approximate surface area is 220 Å². The van der Waals surface area contributed by atoms with Gasteiger partial charge in [0.1, 0.15) is 11.8 Å². The van der Waals surface area contributed by atoms with E-state index in [-0.39, 0.29) is 12.5 Å². The van der Waals surface area contributed by atoms with Crippen LogP contribution in [0, 0.1) is 0 Å². The third-order valence-corrected chi connectivity index (χ3v) is 6.95. The first-order valence-corrected chi connectivity index (χ1v) is 12.4. The Bertz CT molecular complexity index is 1320. The number of rotatable bonds is 9. The lowest BCUT2D eigenvalue weighted by atomic mass is 9.98. The van der Waals surface area contributed by atoms with Gasteiger partial charge in [0.2, 0.25) is 0 Å². The maximum Gasteiger partial charge on any atom is 0.309 e. The first-order valence-electron chi connectivity index (χ1n) is 12.1. The molecule has 2 aliphatic rings. The van der Waals surface area contributed by atoms with Crippen molar-refractivity contribution in [3.63, 3.8) is 0 Å². The molecule has 3 atom stereocenters. The van der Waals surface area contributed by atoms with Gasteiger partial charge in [-0.05, 0) is 42.8 Å². The van der Waals surface area contributed by atoms with Gasteiger partial charge in [0, 0.05) is 35.0 Å². The van der Waals surface area contributed by atoms with E-state index in [0.29, 0.717) is 35.9 Å². The number of aromatic nitrogens is 1. The second kappa shape index (κ2) is 10.9. The Morgan fingerprint density at radius 1 is 1.19 bits per heavy atom. The highest BCUT2D eigenvalue weighted by Crippen LogP contribution is 2.46. The fourth-order valence-electron chi connectivity index (χ4n) is 5.00. The van der Waals surface area contributed by atoms with Crippen molar-refractivity contribution in [3.8, 4) is 17.2 Å². The first-order chi connectivity index (χ1) is 18.0. The summed E-state index contributed by atoms with van der Waals surface area (Å²) in [5, 5.41) is 10.5. The number of nitrogens with zero attached hydrogens (tertiary/aromatic N) is 2. The predicted molar refractivity (Wildman–Crippen MR) is 138 cm³/mol. The standard InChI is InChI=1S/C27H29ClN4O5/c1-35-24-7-3-5-19(27(24)36-2)26-20-15-17(28)8-10-21(20)31-13-4-6-22(31)23(37-26)11-9-18-16-29-30-32(18)14-12-25(33)34/h3-8,10,13,15-16,23,26,29,32H,9,11-12,14H2,1-2H3,(H,33,34)/t23-,26-/m1/s1. The van der Waals surface area contributed by atoms with E-state index in [1.807, 2.05) is 54.9 Å². The van der Waals surface area contributed by atoms with Gasteiger partial charge in [0.05, 0.1) is 44.7 Å². The van der Waals surface area contributed by atoms with Crippen molar-refractivity contribution in [2.24, 2.45) is 0 Å². The molecule has 3 heterocycles. The Kier molecular flexibility index (Phi) is 7.38. The highest BCUT2D eigenvalue weighted by molar-refractivity contribution is 6.30. The fraction of sp³-hybridized carbons (Fsp3) is 0.296. The maximum absolute atomic E-state index is 11.1. The zero-order chi connectivity index (χ0) is 25.9. The number of benzene rings is 2. The first kappa shape index (κ1) is 25.2. The number of allylic oxidation sites excluding steroid dienone is 1. The second-order valence-electron chi connectivity index (χ2n) is 8.88. The number of halogens is 1. The molecule has 1 unspecified atom stereocenters. The minimum Gasteiger partial charge on any atom is -0.493 e. The summed E-state index contributed by atoms with van der Waals surface area (Å²) in [6, 6.07) is 15.7. The van der Waals surface area contributed by atoms with Crippen LogP contribution in [0.25, 0.3) is 11.2 Å². The molecule has 10 heteroatoms. The van der Waals surface area contributed by atoms with Gasteiger partial charge in [-0.2, -0.15) is 0 Å². The molecule has 0 spiro atoms. The smallest absolute Gasteiger partial charge is 0.309 e. The van der Waals surface area contributed by atoms with E-state index in [2.05, 4.69) is 21.6 Å². The van der Waals surface area contributed by atoms with Crippen molar-refractivity contribution in [2.45, 2.75) is 31.5 Å². The average molecular weight is 525 g/mol. The molecular formula is C27H29ClN4O5. The van der Waals surface area contributed by atoms with E-state index in [1.165, 1.54) is 0 Å². The zero-order valence-electron chi connectivity index (χ0n) is 20.6. The van der Waals surface area contributed by atoms with Crippen molar-refractivity contribution in [1.82, 2.24) is 9.99 Å². The minimum absolute atomic E-state index is 0.0361. The summed E-state index contributed by atoms with van der Waals surface area (Å²) >= 11 is 6.48. The number of para-hydroxylation sites is 1. The Balaban J connectivity index is 1.51. The van der Waals surface area contributed by atoms with E-state index in [9.17, 15) is 4.79 Å². The van der Waals surface area contributed by atoms with Crippen LogP contribution in [0.3, 0.4) is 0 Å². The lowest BCUT2D eigenvalue weighted by molar-refractivity contribution is -0.819. The van der Waals surface area contributed by atoms with E-state index in [0.717, 1.165) is 33.2 Å². The van der Waals surface area contributed by atoms with Crippen molar-refractivity contribution in [2.75, 3.05) is 20.8 Å². The molecule has 2 aliphatic heterocycles. The molecule has 3 N–H and O–H groups in total. The van der Waals surface area contributed by atoms with Crippen LogP contribution in [-0.2, 0) is 9.53 Å². The van der Waals surface area contributed by atoms with Crippen molar-refractivity contribution in [3.05, 3.63) is 94.0 Å². The number of ether oxygens (including phenoxy) is 3. The summed E-state index contributed by atoms with van der Waals surface area (Å²) < 4.78 is 20.4. The fourth-order valence-corrected chi connectivity index (χ4v) is 5.18. The van der Waals surface area contributed by atoms with Gasteiger partial charge in [-0.25, -0.2) is 0 Å². The summed E-state index contributed by atoms with van der Waals surface area (Å²) in [5.41, 5.74) is 11.9. The van der Waals surface area contributed by atoms with Crippen LogP contribution in [-0.4, -0.2) is 36.4 Å². The van der Waals surface area contributed by atoms with Crippen LogP contribution in [0.2, 0.25) is 5.02 Å². The van der Waals surface area contributed by atoms with Crippen molar-refractivity contribution in [1.29, 1.82) is 0 Å². The molecule has 0 aliphatic carbocycles. The third kappa shape index (κ3) is 5.03. The monoisotopic (exact) mass is 524 g/mol. The van der Waals surface area contributed by atoms with Gasteiger partial charge in [-0.3, -0.25) is 4.79 Å². The van der Waals surface area contributed by atoms with Crippen LogP contribution in [0.5, 0.6) is 11.5 Å². The van der Waals surface area contributed by atoms with Gasteiger partial charge in [0.25, 0.3) is 0 Å². The Morgan fingerprint density at radius 2 is 2.05 bits per heavy atom. The number of quaternary nitrogens is 1. The van der Waals surface area contributed by atoms with Crippen molar-refractivity contribution >= 4 is 17.6 Å². The van der Waals surface area contributed by atoms with Crippen LogP contribution in [0.1, 0.15) is 48.3 Å². The second-order valence-corrected chi connectivity index (χ2v) is 9.32. The third-order valence-electron chi connectivity index (χ3n) is 6.72. The highest BCUT2D eigenvalue weighted by Gasteiger charge is 2.33. The van der Waals surface area contributed by atoms with Gasteiger partial charge >= 0.3 is 5.97 Å². The molecular weight excluding hydrogens is 496 g/mol. The molecule has 37 heavy (non-hydrogen) atoms. The number of carboxylic acid groups (broad SMARTS) is 1. The van der Waals surface area contributed by atoms with E-state index < -0.39 is 12.1 Å². The molecule has 0 saturated carbocycles. The number of carboxylic acids is 1. The molecule has 3 aromatic rings. The number of nitrogens with one attached hydrogen (secondary N) is 2. The predicted octanol–water partition coefficient (Wildman–Crippen LogP) is 4.10. The van der Waals surface area contributed by atoms with E-state index in [4.69, 9.17) is 30.9 Å². The van der Waals surface area contributed by atoms with Crippen molar-refractivity contribution < 1.29 is 29.1 Å². The summed E-state index contributed by atoms with van der Waals surface area (Å²) in [7, 11) is 3.23. The molecule has 5 rings (SSSR count). The highest BCUT2D eigenvalue weighted by atomic mass is 35.5. The summed E-state index contributed by atoms with van der Waals surface area (Å²) in [5.74, 6) is 0.386. The number of carbonyl (C=O) groups is 1. The molecule has 194 valence electrons. The quantitative estimate of drug-likeness (QED) is 0.390. The summed E-state index contributed by atoms with van der Waals surface area (Å²) in [6.45, 7) is 0.379. The molecule has 0 amide bonds. The normalized spacial score (nSPS) is 20.3. The lowest BCUT2D eigenvalue weighted by Crippen LogP contribution is -3.05. The molecule has 1 aromatic heterocycles. The molecule has 2 aromatic carbocycles. The summed E-state index contributed by atoms with van der Waals surface area (Å²) in [6.07, 6.45) is 4.48. The molecule has 9 nitrogen and oxygen atoms in total. The number of hydrogen-bond acceptors (Lipinski definition) is 5.